The average Bonchev–Trinajstić information content (AvgIpc) is 3.08. The fraction of sp³-hybridized carbons (Fsp3) is 0.261. The van der Waals surface area contributed by atoms with E-state index in [0.29, 0.717) is 5.69 Å². The Morgan fingerprint density at radius 1 is 0.828 bits per heavy atom. The second-order valence-corrected chi connectivity index (χ2v) is 7.50. The Morgan fingerprint density at radius 3 is 2.38 bits per heavy atom. The molecule has 6 heteroatoms. The predicted molar refractivity (Wildman–Crippen MR) is 113 cm³/mol. The highest BCUT2D eigenvalue weighted by atomic mass is 16.2. The summed E-state index contributed by atoms with van der Waals surface area (Å²) in [4.78, 5) is 36.2. The molecule has 3 aromatic rings. The largest absolute Gasteiger partial charge is 0.354 e. The molecule has 0 saturated carbocycles. The molecule has 2 fully saturated rings. The first-order chi connectivity index (χ1) is 14.2. The predicted octanol–water partition coefficient (Wildman–Crippen LogP) is 2.69. The van der Waals surface area contributed by atoms with E-state index in [1.807, 2.05) is 60.7 Å². The van der Waals surface area contributed by atoms with Gasteiger partial charge in [-0.05, 0) is 23.6 Å². The molecule has 3 heterocycles. The topological polar surface area (TPSA) is 56.8 Å². The Kier molecular flexibility index (Phi) is 4.48. The number of aromatic nitrogens is 1. The van der Waals surface area contributed by atoms with E-state index in [1.54, 1.807) is 6.20 Å². The van der Waals surface area contributed by atoms with Gasteiger partial charge in [-0.25, -0.2) is 9.88 Å². The summed E-state index contributed by atoms with van der Waals surface area (Å²) in [7, 11) is 0. The van der Waals surface area contributed by atoms with Crippen LogP contribution in [0.3, 0.4) is 0 Å². The molecular formula is C23H22N4O2. The highest BCUT2D eigenvalue weighted by Gasteiger charge is 2.43. The van der Waals surface area contributed by atoms with Gasteiger partial charge in [0.25, 0.3) is 5.91 Å². The summed E-state index contributed by atoms with van der Waals surface area (Å²) in [6.45, 7) is 3.07. The van der Waals surface area contributed by atoms with E-state index < -0.39 is 0 Å². The number of fused-ring (bicyclic) bond motifs is 1. The summed E-state index contributed by atoms with van der Waals surface area (Å²) in [5.74, 6) is 0.722. The van der Waals surface area contributed by atoms with Crippen LogP contribution < -0.4 is 9.80 Å². The Labute approximate surface area is 169 Å². The zero-order valence-corrected chi connectivity index (χ0v) is 16.1. The van der Waals surface area contributed by atoms with Crippen LogP contribution in [0.25, 0.3) is 10.8 Å². The maximum Gasteiger partial charge on any atom is 0.251 e. The van der Waals surface area contributed by atoms with Gasteiger partial charge in [0.2, 0.25) is 5.91 Å². The molecule has 0 spiro atoms. The molecule has 1 aromatic heterocycles. The summed E-state index contributed by atoms with van der Waals surface area (Å²) in [5.41, 5.74) is 0.688. The van der Waals surface area contributed by atoms with Crippen LogP contribution in [0.5, 0.6) is 0 Å². The second kappa shape index (κ2) is 7.29. The third-order valence-corrected chi connectivity index (χ3v) is 5.86. The van der Waals surface area contributed by atoms with Crippen molar-refractivity contribution >= 4 is 34.1 Å². The van der Waals surface area contributed by atoms with Gasteiger partial charge in [-0.1, -0.05) is 42.5 Å². The van der Waals surface area contributed by atoms with E-state index in [-0.39, 0.29) is 24.3 Å². The van der Waals surface area contributed by atoms with Crippen LogP contribution in [0.2, 0.25) is 0 Å². The summed E-state index contributed by atoms with van der Waals surface area (Å²) in [5, 5.41) is 1.95. The number of anilines is 2. The van der Waals surface area contributed by atoms with Crippen LogP contribution in [0.15, 0.2) is 66.9 Å². The molecule has 6 nitrogen and oxygen atoms in total. The lowest BCUT2D eigenvalue weighted by atomic mass is 10.1. The molecule has 2 aliphatic rings. The first-order valence-electron chi connectivity index (χ1n) is 9.97. The van der Waals surface area contributed by atoms with E-state index in [2.05, 4.69) is 14.8 Å². The molecule has 1 atom stereocenters. The normalized spacial score (nSPS) is 20.6. The van der Waals surface area contributed by atoms with Crippen molar-refractivity contribution in [2.24, 2.45) is 0 Å². The van der Waals surface area contributed by atoms with E-state index in [9.17, 15) is 9.59 Å². The van der Waals surface area contributed by atoms with Crippen LogP contribution in [-0.2, 0) is 9.59 Å². The van der Waals surface area contributed by atoms with Crippen LogP contribution in [-0.4, -0.2) is 53.9 Å². The van der Waals surface area contributed by atoms with E-state index in [1.165, 1.54) is 4.90 Å². The number of benzene rings is 2. The smallest absolute Gasteiger partial charge is 0.251 e. The van der Waals surface area contributed by atoms with Crippen molar-refractivity contribution in [3.8, 4) is 0 Å². The maximum atomic E-state index is 13.2. The van der Waals surface area contributed by atoms with E-state index in [4.69, 9.17) is 0 Å². The molecule has 0 radical (unpaired) electrons. The number of hydrogen-bond donors (Lipinski definition) is 0. The van der Waals surface area contributed by atoms with Gasteiger partial charge in [-0.15, -0.1) is 0 Å². The summed E-state index contributed by atoms with van der Waals surface area (Å²) >= 11 is 0. The SMILES string of the molecule is O=C1C[C@@H](N2CCN(c3ccccn3)CC2)C(=O)N1c1cccc2ccccc12. The summed E-state index contributed by atoms with van der Waals surface area (Å²) in [6.07, 6.45) is 2.04. The minimum atomic E-state index is -0.382. The number of carbonyl (C=O) groups is 2. The van der Waals surface area contributed by atoms with Gasteiger partial charge in [-0.3, -0.25) is 14.5 Å². The number of piperazine rings is 1. The van der Waals surface area contributed by atoms with Crippen molar-refractivity contribution in [1.82, 2.24) is 9.88 Å². The number of pyridine rings is 1. The zero-order chi connectivity index (χ0) is 19.8. The molecule has 0 unspecified atom stereocenters. The minimum absolute atomic E-state index is 0.113. The molecule has 5 rings (SSSR count). The Hall–Kier alpha value is -3.25. The maximum absolute atomic E-state index is 13.2. The first-order valence-corrected chi connectivity index (χ1v) is 9.97. The molecule has 0 aliphatic carbocycles. The van der Waals surface area contributed by atoms with Gasteiger partial charge < -0.3 is 4.90 Å². The fourth-order valence-electron chi connectivity index (χ4n) is 4.36. The van der Waals surface area contributed by atoms with Crippen LogP contribution >= 0.6 is 0 Å². The molecule has 2 amide bonds. The summed E-state index contributed by atoms with van der Waals surface area (Å²) < 4.78 is 0. The number of carbonyl (C=O) groups excluding carboxylic acids is 2. The van der Waals surface area contributed by atoms with E-state index >= 15 is 0 Å². The standard InChI is InChI=1S/C23H22N4O2/c28-22-16-20(25-12-14-26(15-13-25)21-10-3-4-11-24-21)23(29)27(22)19-9-5-7-17-6-1-2-8-18(17)19/h1-11,20H,12-16H2/t20-/m1/s1. The lowest BCUT2D eigenvalue weighted by molar-refractivity contribution is -0.123. The lowest BCUT2D eigenvalue weighted by Crippen LogP contribution is -2.52. The second-order valence-electron chi connectivity index (χ2n) is 7.50. The molecule has 2 aromatic carbocycles. The number of imide groups is 1. The van der Waals surface area contributed by atoms with Crippen LogP contribution in [0, 0.1) is 0 Å². The number of nitrogens with zero attached hydrogens (tertiary/aromatic N) is 4. The lowest BCUT2D eigenvalue weighted by Gasteiger charge is -2.37. The highest BCUT2D eigenvalue weighted by molar-refractivity contribution is 6.25. The third-order valence-electron chi connectivity index (χ3n) is 5.86. The van der Waals surface area contributed by atoms with Gasteiger partial charge in [0.15, 0.2) is 0 Å². The number of amides is 2. The molecule has 0 bridgehead atoms. The molecule has 146 valence electrons. The highest BCUT2D eigenvalue weighted by Crippen LogP contribution is 2.32. The van der Waals surface area contributed by atoms with Crippen LogP contribution in [0.1, 0.15) is 6.42 Å². The number of hydrogen-bond acceptors (Lipinski definition) is 5. The van der Waals surface area contributed by atoms with Gasteiger partial charge in [0, 0.05) is 37.8 Å². The quantitative estimate of drug-likeness (QED) is 0.648. The monoisotopic (exact) mass is 386 g/mol. The minimum Gasteiger partial charge on any atom is -0.354 e. The van der Waals surface area contributed by atoms with Crippen molar-refractivity contribution in [3.05, 3.63) is 66.9 Å². The Bertz CT molecular complexity index is 1060. The third kappa shape index (κ3) is 3.15. The van der Waals surface area contributed by atoms with Crippen molar-refractivity contribution in [2.75, 3.05) is 36.0 Å². The van der Waals surface area contributed by atoms with Crippen molar-refractivity contribution in [3.63, 3.8) is 0 Å². The van der Waals surface area contributed by atoms with Crippen LogP contribution in [0.4, 0.5) is 11.5 Å². The molecule has 2 saturated heterocycles. The van der Waals surface area contributed by atoms with Crippen molar-refractivity contribution in [1.29, 1.82) is 0 Å². The van der Waals surface area contributed by atoms with Gasteiger partial charge in [-0.2, -0.15) is 0 Å². The van der Waals surface area contributed by atoms with Crippen molar-refractivity contribution < 1.29 is 9.59 Å². The first kappa shape index (κ1) is 17.8. The molecular weight excluding hydrogens is 364 g/mol. The summed E-state index contributed by atoms with van der Waals surface area (Å²) in [6, 6.07) is 19.1. The molecule has 29 heavy (non-hydrogen) atoms. The van der Waals surface area contributed by atoms with Gasteiger partial charge in [0.05, 0.1) is 18.2 Å². The molecule has 0 N–H and O–H groups in total. The Morgan fingerprint density at radius 2 is 1.59 bits per heavy atom. The average molecular weight is 386 g/mol. The van der Waals surface area contributed by atoms with Gasteiger partial charge >= 0.3 is 0 Å². The van der Waals surface area contributed by atoms with Gasteiger partial charge in [0.1, 0.15) is 5.82 Å². The Balaban J connectivity index is 1.35. The molecule has 2 aliphatic heterocycles. The number of rotatable bonds is 3. The zero-order valence-electron chi connectivity index (χ0n) is 16.1. The van der Waals surface area contributed by atoms with Crippen molar-refractivity contribution in [2.45, 2.75) is 12.5 Å². The fourth-order valence-corrected chi connectivity index (χ4v) is 4.36. The van der Waals surface area contributed by atoms with E-state index in [0.717, 1.165) is 42.8 Å².